The van der Waals surface area contributed by atoms with Crippen LogP contribution >= 0.6 is 0 Å². The molecule has 0 amide bonds. The maximum Gasteiger partial charge on any atom is 0.161 e. The number of hydrogen-bond acceptors (Lipinski definition) is 4. The molecule has 0 unspecified atom stereocenters. The first-order chi connectivity index (χ1) is 10.8. The van der Waals surface area contributed by atoms with Gasteiger partial charge in [0, 0.05) is 0 Å². The van der Waals surface area contributed by atoms with E-state index in [9.17, 15) is 4.39 Å². The molecule has 0 aliphatic carbocycles. The fourth-order valence-electron chi connectivity index (χ4n) is 2.40. The lowest BCUT2D eigenvalue weighted by atomic mass is 10.0. The van der Waals surface area contributed by atoms with Crippen molar-refractivity contribution in [3.63, 3.8) is 0 Å². The number of rotatable bonds is 4. The van der Waals surface area contributed by atoms with Crippen molar-refractivity contribution in [3.8, 4) is 11.5 Å². The third-order valence-electron chi connectivity index (χ3n) is 3.56. The highest BCUT2D eigenvalue weighted by atomic mass is 19.1. The first-order valence-electron chi connectivity index (χ1n) is 7.11. The summed E-state index contributed by atoms with van der Waals surface area (Å²) in [5, 5.41) is 12.5. The number of nitrogens with zero attached hydrogens (tertiary/aromatic N) is 1. The van der Waals surface area contributed by atoms with Gasteiger partial charge in [0.2, 0.25) is 0 Å². The van der Waals surface area contributed by atoms with Crippen LogP contribution in [0.3, 0.4) is 0 Å². The minimum atomic E-state index is -0.312. The lowest BCUT2D eigenvalue weighted by Gasteiger charge is -2.18. The van der Waals surface area contributed by atoms with Crippen molar-refractivity contribution in [3.05, 3.63) is 59.4 Å². The third-order valence-corrected chi connectivity index (χ3v) is 3.56. The highest BCUT2D eigenvalue weighted by molar-refractivity contribution is 6.00. The van der Waals surface area contributed by atoms with Crippen molar-refractivity contribution < 1.29 is 19.1 Å². The Morgan fingerprint density at radius 2 is 1.77 bits per heavy atom. The Bertz CT molecular complexity index is 683. The second-order valence-electron chi connectivity index (χ2n) is 5.03. The van der Waals surface area contributed by atoms with Crippen LogP contribution in [0.2, 0.25) is 0 Å². The van der Waals surface area contributed by atoms with Crippen LogP contribution in [0.15, 0.2) is 47.6 Å². The fourth-order valence-corrected chi connectivity index (χ4v) is 2.40. The summed E-state index contributed by atoms with van der Waals surface area (Å²) in [6, 6.07) is 11.7. The highest BCUT2D eigenvalue weighted by Crippen LogP contribution is 2.31. The van der Waals surface area contributed by atoms with E-state index in [4.69, 9.17) is 14.7 Å². The number of fused-ring (bicyclic) bond motifs is 1. The van der Waals surface area contributed by atoms with Gasteiger partial charge in [-0.3, -0.25) is 0 Å². The van der Waals surface area contributed by atoms with E-state index in [0.29, 0.717) is 37.3 Å². The van der Waals surface area contributed by atoms with Crippen molar-refractivity contribution in [2.75, 3.05) is 13.2 Å². The van der Waals surface area contributed by atoms with Gasteiger partial charge < -0.3 is 14.7 Å². The lowest BCUT2D eigenvalue weighted by molar-refractivity contribution is 0.171. The number of benzene rings is 2. The summed E-state index contributed by atoms with van der Waals surface area (Å²) >= 11 is 0. The number of ether oxygens (including phenoxy) is 2. The molecule has 0 fully saturated rings. The van der Waals surface area contributed by atoms with Gasteiger partial charge in [0.1, 0.15) is 19.0 Å². The predicted octanol–water partition coefficient (Wildman–Crippen LogP) is 3.41. The van der Waals surface area contributed by atoms with Crippen LogP contribution in [-0.2, 0) is 6.42 Å². The summed E-state index contributed by atoms with van der Waals surface area (Å²) in [7, 11) is 0. The zero-order valence-electron chi connectivity index (χ0n) is 12.0. The zero-order valence-corrected chi connectivity index (χ0v) is 12.0. The van der Waals surface area contributed by atoms with Crippen LogP contribution < -0.4 is 9.47 Å². The average Bonchev–Trinajstić information content (AvgIpc) is 2.57. The molecular weight excluding hydrogens is 285 g/mol. The van der Waals surface area contributed by atoms with Gasteiger partial charge in [-0.25, -0.2) is 4.39 Å². The standard InChI is InChI=1S/C17H16FNO3/c18-14-5-3-13(4-6-14)15(19-20)7-1-12-2-8-16-17(11-12)22-10-9-21-16/h2-6,8,11,20H,1,7,9-10H2. The summed E-state index contributed by atoms with van der Waals surface area (Å²) < 4.78 is 24.0. The zero-order chi connectivity index (χ0) is 15.4. The van der Waals surface area contributed by atoms with Crippen molar-refractivity contribution in [2.24, 2.45) is 5.16 Å². The van der Waals surface area contributed by atoms with Crippen LogP contribution in [0.1, 0.15) is 17.5 Å². The highest BCUT2D eigenvalue weighted by Gasteiger charge is 2.12. The Morgan fingerprint density at radius 3 is 2.50 bits per heavy atom. The molecule has 0 atom stereocenters. The predicted molar refractivity (Wildman–Crippen MR) is 80.5 cm³/mol. The van der Waals surface area contributed by atoms with E-state index in [1.807, 2.05) is 18.2 Å². The normalized spacial score (nSPS) is 14.0. The van der Waals surface area contributed by atoms with E-state index in [0.717, 1.165) is 17.1 Å². The van der Waals surface area contributed by atoms with Crippen LogP contribution in [0.4, 0.5) is 4.39 Å². The average molecular weight is 301 g/mol. The number of aryl methyl sites for hydroxylation is 1. The van der Waals surface area contributed by atoms with Gasteiger partial charge >= 0.3 is 0 Å². The topological polar surface area (TPSA) is 51.1 Å². The van der Waals surface area contributed by atoms with Crippen LogP contribution in [0.5, 0.6) is 11.5 Å². The molecule has 2 aromatic carbocycles. The van der Waals surface area contributed by atoms with Gasteiger partial charge in [0.05, 0.1) is 5.71 Å². The Balaban J connectivity index is 1.69. The van der Waals surface area contributed by atoms with Crippen molar-refractivity contribution in [2.45, 2.75) is 12.8 Å². The molecule has 22 heavy (non-hydrogen) atoms. The molecule has 1 heterocycles. The van der Waals surface area contributed by atoms with E-state index in [1.165, 1.54) is 12.1 Å². The molecule has 0 aromatic heterocycles. The van der Waals surface area contributed by atoms with Gasteiger partial charge in [-0.15, -0.1) is 0 Å². The maximum absolute atomic E-state index is 12.9. The molecule has 4 nitrogen and oxygen atoms in total. The van der Waals surface area contributed by atoms with Crippen LogP contribution in [-0.4, -0.2) is 24.1 Å². The largest absolute Gasteiger partial charge is 0.486 e. The first-order valence-corrected chi connectivity index (χ1v) is 7.11. The number of halogens is 1. The number of oxime groups is 1. The van der Waals surface area contributed by atoms with E-state index >= 15 is 0 Å². The minimum Gasteiger partial charge on any atom is -0.486 e. The van der Waals surface area contributed by atoms with E-state index in [1.54, 1.807) is 12.1 Å². The summed E-state index contributed by atoms with van der Waals surface area (Å²) in [5.74, 6) is 1.19. The van der Waals surface area contributed by atoms with Crippen molar-refractivity contribution in [1.82, 2.24) is 0 Å². The SMILES string of the molecule is ON=C(CCc1ccc2c(c1)OCCO2)c1ccc(F)cc1. The van der Waals surface area contributed by atoms with Crippen molar-refractivity contribution in [1.29, 1.82) is 0 Å². The summed E-state index contributed by atoms with van der Waals surface area (Å²) in [6.07, 6.45) is 1.23. The van der Waals surface area contributed by atoms with Gasteiger partial charge in [0.15, 0.2) is 11.5 Å². The number of hydrogen-bond donors (Lipinski definition) is 1. The monoisotopic (exact) mass is 301 g/mol. The van der Waals surface area contributed by atoms with Gasteiger partial charge in [-0.05, 0) is 48.2 Å². The van der Waals surface area contributed by atoms with Gasteiger partial charge in [-0.2, -0.15) is 0 Å². The lowest BCUT2D eigenvalue weighted by Crippen LogP contribution is -2.15. The molecule has 0 bridgehead atoms. The second-order valence-corrected chi connectivity index (χ2v) is 5.03. The molecule has 1 N–H and O–H groups in total. The maximum atomic E-state index is 12.9. The van der Waals surface area contributed by atoms with Crippen LogP contribution in [0.25, 0.3) is 0 Å². The Hall–Kier alpha value is -2.56. The van der Waals surface area contributed by atoms with E-state index in [2.05, 4.69) is 5.16 Å². The van der Waals surface area contributed by atoms with Gasteiger partial charge in [-0.1, -0.05) is 23.4 Å². The summed E-state index contributed by atoms with van der Waals surface area (Å²) in [5.41, 5.74) is 2.30. The van der Waals surface area contributed by atoms with E-state index < -0.39 is 0 Å². The third kappa shape index (κ3) is 3.19. The fraction of sp³-hybridized carbons (Fsp3) is 0.235. The molecule has 1 aliphatic rings. The molecule has 0 saturated heterocycles. The summed E-state index contributed by atoms with van der Waals surface area (Å²) in [4.78, 5) is 0. The molecule has 2 aromatic rings. The Morgan fingerprint density at radius 1 is 1.05 bits per heavy atom. The Labute approximate surface area is 127 Å². The molecule has 0 radical (unpaired) electrons. The minimum absolute atomic E-state index is 0.312. The second kappa shape index (κ2) is 6.47. The Kier molecular flexibility index (Phi) is 4.23. The molecule has 114 valence electrons. The molecule has 1 aliphatic heterocycles. The molecule has 0 saturated carbocycles. The molecule has 0 spiro atoms. The first kappa shape index (κ1) is 14.4. The van der Waals surface area contributed by atoms with Gasteiger partial charge in [0.25, 0.3) is 0 Å². The quantitative estimate of drug-likeness (QED) is 0.535. The van der Waals surface area contributed by atoms with Crippen LogP contribution in [0, 0.1) is 5.82 Å². The molecular formula is C17H16FNO3. The molecule has 5 heteroatoms. The summed E-state index contributed by atoms with van der Waals surface area (Å²) in [6.45, 7) is 1.12. The smallest absolute Gasteiger partial charge is 0.161 e. The molecule has 3 rings (SSSR count). The van der Waals surface area contributed by atoms with E-state index in [-0.39, 0.29) is 5.82 Å². The van der Waals surface area contributed by atoms with Crippen molar-refractivity contribution >= 4 is 5.71 Å².